The first-order chi connectivity index (χ1) is 16.0. The van der Waals surface area contributed by atoms with Crippen LogP contribution in [0.15, 0.2) is 58.5 Å². The van der Waals surface area contributed by atoms with Gasteiger partial charge >= 0.3 is 0 Å². The molecule has 3 heterocycles. The molecule has 1 aliphatic rings. The number of furan rings is 1. The molecule has 1 atom stereocenters. The number of aryl methyl sites for hydroxylation is 1. The number of likely N-dealkylation sites (tertiary alicyclic amines) is 1. The normalized spacial score (nSPS) is 15.1. The third-order valence-corrected chi connectivity index (χ3v) is 6.53. The van der Waals surface area contributed by atoms with Crippen molar-refractivity contribution in [3.8, 4) is 0 Å². The molecule has 1 unspecified atom stereocenters. The number of hydrogen-bond donors (Lipinski definition) is 2. The summed E-state index contributed by atoms with van der Waals surface area (Å²) in [5.74, 6) is -0.670. The lowest BCUT2D eigenvalue weighted by Gasteiger charge is -2.33. The minimum absolute atomic E-state index is 0.0663. The average Bonchev–Trinajstić information content (AvgIpc) is 3.51. The summed E-state index contributed by atoms with van der Waals surface area (Å²) in [6, 6.07) is 12.0. The lowest BCUT2D eigenvalue weighted by molar-refractivity contribution is -0.136. The molecular weight excluding hydrogens is 440 g/mol. The molecule has 2 aromatic heterocycles. The zero-order valence-corrected chi connectivity index (χ0v) is 19.1. The van der Waals surface area contributed by atoms with Gasteiger partial charge in [-0.15, -0.1) is 11.3 Å². The maximum atomic E-state index is 13.3. The summed E-state index contributed by atoms with van der Waals surface area (Å²) < 4.78 is 5.18. The van der Waals surface area contributed by atoms with E-state index in [-0.39, 0.29) is 23.5 Å². The topological polar surface area (TPSA) is 105 Å². The van der Waals surface area contributed by atoms with Gasteiger partial charge in [-0.25, -0.2) is 4.98 Å². The molecule has 1 fully saturated rings. The Kier molecular flexibility index (Phi) is 7.19. The van der Waals surface area contributed by atoms with Crippen molar-refractivity contribution in [2.24, 2.45) is 5.92 Å². The minimum Gasteiger partial charge on any atom is -0.459 e. The predicted molar refractivity (Wildman–Crippen MR) is 125 cm³/mol. The molecule has 0 aliphatic carbocycles. The highest BCUT2D eigenvalue weighted by molar-refractivity contribution is 7.13. The molecule has 8 nitrogen and oxygen atoms in total. The SMILES string of the molecule is Cc1csc(NC(=O)C2CCN(C(=O)C(Cc3ccccc3)NC(=O)c3ccco3)CC2)n1. The fourth-order valence-electron chi connectivity index (χ4n) is 3.89. The van der Waals surface area contributed by atoms with E-state index in [0.29, 0.717) is 37.5 Å². The second kappa shape index (κ2) is 10.4. The number of piperidine rings is 1. The first-order valence-electron chi connectivity index (χ1n) is 10.9. The summed E-state index contributed by atoms with van der Waals surface area (Å²) in [7, 11) is 0. The van der Waals surface area contributed by atoms with Crippen molar-refractivity contribution >= 4 is 34.2 Å². The molecule has 1 aromatic carbocycles. The molecule has 33 heavy (non-hydrogen) atoms. The number of aromatic nitrogens is 1. The highest BCUT2D eigenvalue weighted by Crippen LogP contribution is 2.22. The molecule has 1 aliphatic heterocycles. The van der Waals surface area contributed by atoms with E-state index in [1.807, 2.05) is 42.6 Å². The Morgan fingerprint density at radius 1 is 1.15 bits per heavy atom. The molecule has 3 aromatic rings. The highest BCUT2D eigenvalue weighted by atomic mass is 32.1. The number of nitrogens with one attached hydrogen (secondary N) is 2. The monoisotopic (exact) mass is 466 g/mol. The maximum Gasteiger partial charge on any atom is 0.287 e. The van der Waals surface area contributed by atoms with Gasteiger partial charge in [0.25, 0.3) is 5.91 Å². The van der Waals surface area contributed by atoms with E-state index in [9.17, 15) is 14.4 Å². The molecule has 0 spiro atoms. The van der Waals surface area contributed by atoms with Crippen molar-refractivity contribution < 1.29 is 18.8 Å². The van der Waals surface area contributed by atoms with Crippen molar-refractivity contribution in [2.75, 3.05) is 18.4 Å². The number of carbonyl (C=O) groups is 3. The van der Waals surface area contributed by atoms with Gasteiger partial charge in [0.1, 0.15) is 6.04 Å². The first-order valence-corrected chi connectivity index (χ1v) is 11.8. The number of benzene rings is 1. The Hall–Kier alpha value is -3.46. The molecule has 3 amide bonds. The number of amides is 3. The van der Waals surface area contributed by atoms with Crippen LogP contribution in [-0.4, -0.2) is 46.7 Å². The largest absolute Gasteiger partial charge is 0.459 e. The molecule has 0 saturated carbocycles. The summed E-state index contributed by atoms with van der Waals surface area (Å²) in [5.41, 5.74) is 1.82. The number of thiazole rings is 1. The Labute approximate surface area is 196 Å². The second-order valence-electron chi connectivity index (χ2n) is 8.08. The fourth-order valence-corrected chi connectivity index (χ4v) is 4.58. The lowest BCUT2D eigenvalue weighted by Crippen LogP contribution is -2.52. The fraction of sp³-hybridized carbons (Fsp3) is 0.333. The molecule has 4 rings (SSSR count). The van der Waals surface area contributed by atoms with Crippen molar-refractivity contribution in [1.82, 2.24) is 15.2 Å². The third-order valence-electron chi connectivity index (χ3n) is 5.66. The van der Waals surface area contributed by atoms with Crippen molar-refractivity contribution in [2.45, 2.75) is 32.2 Å². The van der Waals surface area contributed by atoms with Crippen LogP contribution in [-0.2, 0) is 16.0 Å². The number of rotatable bonds is 7. The zero-order valence-electron chi connectivity index (χ0n) is 18.3. The molecule has 1 saturated heterocycles. The number of carbonyl (C=O) groups excluding carboxylic acids is 3. The van der Waals surface area contributed by atoms with Crippen LogP contribution in [0.4, 0.5) is 5.13 Å². The van der Waals surface area contributed by atoms with E-state index in [4.69, 9.17) is 4.42 Å². The van der Waals surface area contributed by atoms with Crippen LogP contribution in [0.25, 0.3) is 0 Å². The molecule has 2 N–H and O–H groups in total. The van der Waals surface area contributed by atoms with Gasteiger partial charge in [0, 0.05) is 30.8 Å². The Morgan fingerprint density at radius 3 is 2.55 bits per heavy atom. The van der Waals surface area contributed by atoms with Crippen LogP contribution in [0.2, 0.25) is 0 Å². The molecule has 0 radical (unpaired) electrons. The van der Waals surface area contributed by atoms with Gasteiger partial charge in [0.15, 0.2) is 10.9 Å². The van der Waals surface area contributed by atoms with Crippen LogP contribution in [0.5, 0.6) is 0 Å². The number of anilines is 1. The van der Waals surface area contributed by atoms with Gasteiger partial charge < -0.3 is 20.0 Å². The van der Waals surface area contributed by atoms with E-state index in [2.05, 4.69) is 15.6 Å². The number of nitrogens with zero attached hydrogens (tertiary/aromatic N) is 2. The standard InChI is InChI=1S/C24H26N4O4S/c1-16-15-33-24(25-16)27-21(29)18-9-11-28(12-10-18)23(31)19(14-17-6-3-2-4-7-17)26-22(30)20-8-5-13-32-20/h2-8,13,15,18-19H,9-12,14H2,1H3,(H,26,30)(H,25,27,29). The Bertz CT molecular complexity index is 1090. The van der Waals surface area contributed by atoms with E-state index in [0.717, 1.165) is 11.3 Å². The molecule has 172 valence electrons. The van der Waals surface area contributed by atoms with Crippen LogP contribution in [0, 0.1) is 12.8 Å². The van der Waals surface area contributed by atoms with Gasteiger partial charge in [-0.2, -0.15) is 0 Å². The predicted octanol–water partition coefficient (Wildman–Crippen LogP) is 3.26. The Morgan fingerprint density at radius 2 is 1.91 bits per heavy atom. The van der Waals surface area contributed by atoms with E-state index in [1.54, 1.807) is 17.0 Å². The van der Waals surface area contributed by atoms with Gasteiger partial charge in [-0.1, -0.05) is 30.3 Å². The van der Waals surface area contributed by atoms with Crippen LogP contribution in [0.1, 0.15) is 34.7 Å². The highest BCUT2D eigenvalue weighted by Gasteiger charge is 2.32. The lowest BCUT2D eigenvalue weighted by atomic mass is 9.95. The van der Waals surface area contributed by atoms with Crippen LogP contribution < -0.4 is 10.6 Å². The first kappa shape index (κ1) is 22.7. The molecular formula is C24H26N4O4S. The maximum absolute atomic E-state index is 13.3. The van der Waals surface area contributed by atoms with Crippen LogP contribution >= 0.6 is 11.3 Å². The van der Waals surface area contributed by atoms with Crippen molar-refractivity contribution in [3.63, 3.8) is 0 Å². The van der Waals surface area contributed by atoms with Crippen molar-refractivity contribution in [3.05, 3.63) is 71.1 Å². The third kappa shape index (κ3) is 5.87. The van der Waals surface area contributed by atoms with Gasteiger partial charge in [-0.05, 0) is 37.5 Å². The second-order valence-corrected chi connectivity index (χ2v) is 8.93. The minimum atomic E-state index is -0.728. The van der Waals surface area contributed by atoms with E-state index in [1.165, 1.54) is 17.6 Å². The molecule has 9 heteroatoms. The zero-order chi connectivity index (χ0) is 23.2. The van der Waals surface area contributed by atoms with E-state index >= 15 is 0 Å². The van der Waals surface area contributed by atoms with E-state index < -0.39 is 11.9 Å². The van der Waals surface area contributed by atoms with Crippen molar-refractivity contribution in [1.29, 1.82) is 0 Å². The summed E-state index contributed by atoms with van der Waals surface area (Å²) in [4.78, 5) is 44.5. The van der Waals surface area contributed by atoms with Crippen LogP contribution in [0.3, 0.4) is 0 Å². The average molecular weight is 467 g/mol. The summed E-state index contributed by atoms with van der Waals surface area (Å²) in [6.45, 7) is 2.79. The summed E-state index contributed by atoms with van der Waals surface area (Å²) >= 11 is 1.40. The van der Waals surface area contributed by atoms with Gasteiger partial charge in [0.05, 0.1) is 12.0 Å². The quantitative estimate of drug-likeness (QED) is 0.556. The number of hydrogen-bond acceptors (Lipinski definition) is 6. The van der Waals surface area contributed by atoms with Gasteiger partial charge in [0.2, 0.25) is 11.8 Å². The van der Waals surface area contributed by atoms with Gasteiger partial charge in [-0.3, -0.25) is 14.4 Å². The Balaban J connectivity index is 1.38. The molecule has 0 bridgehead atoms. The summed E-state index contributed by atoms with van der Waals surface area (Å²) in [6.07, 6.45) is 2.92. The summed E-state index contributed by atoms with van der Waals surface area (Å²) in [5, 5.41) is 8.18. The smallest absolute Gasteiger partial charge is 0.287 e.